The Balaban J connectivity index is 2.36. The van der Waals surface area contributed by atoms with Crippen molar-refractivity contribution in [2.45, 2.75) is 49.5 Å². The van der Waals surface area contributed by atoms with Gasteiger partial charge >= 0.3 is 0 Å². The van der Waals surface area contributed by atoms with Crippen LogP contribution in [0.4, 0.5) is 10.1 Å². The van der Waals surface area contributed by atoms with Gasteiger partial charge in [0, 0.05) is 0 Å². The third-order valence-electron chi connectivity index (χ3n) is 4.05. The summed E-state index contributed by atoms with van der Waals surface area (Å²) >= 11 is 0. The first kappa shape index (κ1) is 16.2. The van der Waals surface area contributed by atoms with Crippen molar-refractivity contribution in [1.82, 2.24) is 4.72 Å². The number of aliphatic hydroxyl groups is 1. The highest BCUT2D eigenvalue weighted by atomic mass is 32.2. The Hall–Kier alpha value is -1.18. The quantitative estimate of drug-likeness (QED) is 0.737. The van der Waals surface area contributed by atoms with Crippen LogP contribution in [-0.2, 0) is 10.0 Å². The first-order valence-corrected chi connectivity index (χ1v) is 8.48. The third-order valence-corrected chi connectivity index (χ3v) is 5.77. The Labute approximate surface area is 124 Å². The summed E-state index contributed by atoms with van der Waals surface area (Å²) in [7, 11) is -3.86. The fourth-order valence-corrected chi connectivity index (χ4v) is 4.53. The second-order valence-corrected chi connectivity index (χ2v) is 7.39. The highest BCUT2D eigenvalue weighted by Crippen LogP contribution is 2.30. The predicted molar refractivity (Wildman–Crippen MR) is 78.8 cm³/mol. The van der Waals surface area contributed by atoms with Crippen molar-refractivity contribution in [1.29, 1.82) is 0 Å². The van der Waals surface area contributed by atoms with Crippen LogP contribution in [0.25, 0.3) is 0 Å². The molecular formula is C14H21FN2O3S. The van der Waals surface area contributed by atoms with E-state index in [0.717, 1.165) is 31.4 Å². The lowest BCUT2D eigenvalue weighted by molar-refractivity contribution is 0.142. The van der Waals surface area contributed by atoms with Gasteiger partial charge in [-0.1, -0.05) is 19.3 Å². The maximum Gasteiger partial charge on any atom is 0.241 e. The molecule has 1 aliphatic rings. The van der Waals surface area contributed by atoms with E-state index in [1.807, 2.05) is 0 Å². The minimum atomic E-state index is -3.86. The Morgan fingerprint density at radius 2 is 1.95 bits per heavy atom. The summed E-state index contributed by atoms with van der Waals surface area (Å²) in [6, 6.07) is 2.23. The molecular weight excluding hydrogens is 295 g/mol. The lowest BCUT2D eigenvalue weighted by Gasteiger charge is -2.36. The van der Waals surface area contributed by atoms with Gasteiger partial charge in [-0.2, -0.15) is 0 Å². The van der Waals surface area contributed by atoms with Crippen molar-refractivity contribution in [2.75, 3.05) is 12.3 Å². The maximum atomic E-state index is 13.4. The first-order valence-electron chi connectivity index (χ1n) is 7.00. The van der Waals surface area contributed by atoms with E-state index in [0.29, 0.717) is 12.8 Å². The molecule has 2 rings (SSSR count). The van der Waals surface area contributed by atoms with Gasteiger partial charge < -0.3 is 10.8 Å². The standard InChI is InChI=1S/C14H21FN2O3S/c1-10-7-11(15)12(16)8-13(10)21(19,20)17-14(9-18)5-3-2-4-6-14/h7-8,17-18H,2-6,9,16H2,1H3. The summed E-state index contributed by atoms with van der Waals surface area (Å²) in [6.07, 6.45) is 3.96. The number of halogens is 1. The van der Waals surface area contributed by atoms with Crippen LogP contribution in [0, 0.1) is 12.7 Å². The fourth-order valence-electron chi connectivity index (χ4n) is 2.82. The number of nitrogens with one attached hydrogen (secondary N) is 1. The highest BCUT2D eigenvalue weighted by molar-refractivity contribution is 7.89. The summed E-state index contributed by atoms with van der Waals surface area (Å²) in [5, 5.41) is 9.61. The number of nitrogens with two attached hydrogens (primary N) is 1. The van der Waals surface area contributed by atoms with Gasteiger partial charge in [0.2, 0.25) is 10.0 Å². The molecule has 5 nitrogen and oxygen atoms in total. The lowest BCUT2D eigenvalue weighted by Crippen LogP contribution is -2.52. The van der Waals surface area contributed by atoms with Gasteiger partial charge in [0.1, 0.15) is 5.82 Å². The van der Waals surface area contributed by atoms with E-state index >= 15 is 0 Å². The van der Waals surface area contributed by atoms with Crippen molar-refractivity contribution in [2.24, 2.45) is 0 Å². The molecule has 0 bridgehead atoms. The second-order valence-electron chi connectivity index (χ2n) is 5.74. The highest BCUT2D eigenvalue weighted by Gasteiger charge is 2.36. The molecule has 0 heterocycles. The van der Waals surface area contributed by atoms with E-state index in [9.17, 15) is 17.9 Å². The van der Waals surface area contributed by atoms with Crippen molar-refractivity contribution in [3.63, 3.8) is 0 Å². The molecule has 1 fully saturated rings. The van der Waals surface area contributed by atoms with Crippen LogP contribution in [-0.4, -0.2) is 25.7 Å². The second kappa shape index (κ2) is 5.90. The van der Waals surface area contributed by atoms with Crippen LogP contribution in [0.2, 0.25) is 0 Å². The lowest BCUT2D eigenvalue weighted by atomic mass is 9.83. The molecule has 1 aromatic carbocycles. The largest absolute Gasteiger partial charge is 0.396 e. The van der Waals surface area contributed by atoms with Gasteiger partial charge in [-0.05, 0) is 37.5 Å². The topological polar surface area (TPSA) is 92.4 Å². The zero-order valence-electron chi connectivity index (χ0n) is 12.0. The Kier molecular flexibility index (Phi) is 4.55. The van der Waals surface area contributed by atoms with Gasteiger partial charge in [-0.3, -0.25) is 0 Å². The molecule has 0 radical (unpaired) electrons. The van der Waals surface area contributed by atoms with Crippen LogP contribution in [0.3, 0.4) is 0 Å². The van der Waals surface area contributed by atoms with Gasteiger partial charge in [-0.15, -0.1) is 0 Å². The molecule has 1 aromatic rings. The Morgan fingerprint density at radius 1 is 1.33 bits per heavy atom. The van der Waals surface area contributed by atoms with E-state index in [4.69, 9.17) is 5.73 Å². The smallest absolute Gasteiger partial charge is 0.241 e. The SMILES string of the molecule is Cc1cc(F)c(N)cc1S(=O)(=O)NC1(CO)CCCCC1. The van der Waals surface area contributed by atoms with Crippen molar-refractivity contribution in [3.05, 3.63) is 23.5 Å². The molecule has 4 N–H and O–H groups in total. The van der Waals surface area contributed by atoms with Crippen molar-refractivity contribution < 1.29 is 17.9 Å². The molecule has 0 saturated heterocycles. The van der Waals surface area contributed by atoms with Crippen LogP contribution in [0.1, 0.15) is 37.7 Å². The van der Waals surface area contributed by atoms with Crippen LogP contribution >= 0.6 is 0 Å². The average molecular weight is 316 g/mol. The number of nitrogen functional groups attached to an aromatic ring is 1. The van der Waals surface area contributed by atoms with Crippen molar-refractivity contribution >= 4 is 15.7 Å². The summed E-state index contributed by atoms with van der Waals surface area (Å²) in [5.74, 6) is -0.638. The van der Waals surface area contributed by atoms with E-state index < -0.39 is 21.4 Å². The fraction of sp³-hybridized carbons (Fsp3) is 0.571. The zero-order chi connectivity index (χ0) is 15.7. The Bertz CT molecular complexity index is 625. The summed E-state index contributed by atoms with van der Waals surface area (Å²) in [5.41, 5.74) is 4.73. The summed E-state index contributed by atoms with van der Waals surface area (Å²) in [4.78, 5) is -0.0419. The van der Waals surface area contributed by atoms with Gasteiger partial charge in [0.05, 0.1) is 22.7 Å². The number of aryl methyl sites for hydroxylation is 1. The zero-order valence-corrected chi connectivity index (χ0v) is 12.8. The predicted octanol–water partition coefficient (Wildman–Crippen LogP) is 1.69. The molecule has 0 unspecified atom stereocenters. The molecule has 0 spiro atoms. The average Bonchev–Trinajstić information content (AvgIpc) is 2.43. The molecule has 1 saturated carbocycles. The maximum absolute atomic E-state index is 13.4. The van der Waals surface area contributed by atoms with Gasteiger partial charge in [0.15, 0.2) is 0 Å². The van der Waals surface area contributed by atoms with Crippen molar-refractivity contribution in [3.8, 4) is 0 Å². The molecule has 0 aliphatic heterocycles. The molecule has 0 atom stereocenters. The minimum absolute atomic E-state index is 0.0419. The number of sulfonamides is 1. The van der Waals surface area contributed by atoms with Crippen LogP contribution < -0.4 is 10.5 Å². The van der Waals surface area contributed by atoms with E-state index in [2.05, 4.69) is 4.72 Å². The number of hydrogen-bond donors (Lipinski definition) is 3. The number of anilines is 1. The molecule has 1 aliphatic carbocycles. The monoisotopic (exact) mass is 316 g/mol. The number of rotatable bonds is 4. The minimum Gasteiger partial charge on any atom is -0.396 e. The van der Waals surface area contributed by atoms with E-state index in [-0.39, 0.29) is 22.8 Å². The molecule has 21 heavy (non-hydrogen) atoms. The molecule has 0 amide bonds. The molecule has 7 heteroatoms. The number of benzene rings is 1. The summed E-state index contributed by atoms with van der Waals surface area (Å²) in [6.45, 7) is 1.27. The number of hydrogen-bond acceptors (Lipinski definition) is 4. The van der Waals surface area contributed by atoms with E-state index in [1.54, 1.807) is 0 Å². The van der Waals surface area contributed by atoms with Gasteiger partial charge in [-0.25, -0.2) is 17.5 Å². The first-order chi connectivity index (χ1) is 9.80. The third kappa shape index (κ3) is 3.36. The van der Waals surface area contributed by atoms with Crippen LogP contribution in [0.5, 0.6) is 0 Å². The normalized spacial score (nSPS) is 18.6. The van der Waals surface area contributed by atoms with E-state index in [1.165, 1.54) is 6.92 Å². The van der Waals surface area contributed by atoms with Crippen LogP contribution in [0.15, 0.2) is 17.0 Å². The molecule has 118 valence electrons. The summed E-state index contributed by atoms with van der Waals surface area (Å²) < 4.78 is 41.1. The Morgan fingerprint density at radius 3 is 2.52 bits per heavy atom. The van der Waals surface area contributed by atoms with Gasteiger partial charge in [0.25, 0.3) is 0 Å². The number of aliphatic hydroxyl groups excluding tert-OH is 1. The molecule has 0 aromatic heterocycles.